The third kappa shape index (κ3) is 3.23. The van der Waals surface area contributed by atoms with Crippen LogP contribution >= 0.6 is 0 Å². The number of amides is 1. The number of carbonyl (C=O) groups excluding carboxylic acids is 1. The van der Waals surface area contributed by atoms with E-state index >= 15 is 0 Å². The summed E-state index contributed by atoms with van der Waals surface area (Å²) in [6.07, 6.45) is 3.97. The van der Waals surface area contributed by atoms with Crippen LogP contribution < -0.4 is 5.32 Å². The molecular formula is C18H16N2O2. The highest BCUT2D eigenvalue weighted by molar-refractivity contribution is 5.98. The number of nitrogens with one attached hydrogen (secondary N) is 1. The molecule has 0 saturated carbocycles. The highest BCUT2D eigenvalue weighted by Crippen LogP contribution is 2.24. The fourth-order valence-corrected chi connectivity index (χ4v) is 2.26. The minimum Gasteiger partial charge on any atom is -0.459 e. The zero-order chi connectivity index (χ0) is 15.2. The second-order valence-corrected chi connectivity index (χ2v) is 4.86. The van der Waals surface area contributed by atoms with E-state index in [9.17, 15) is 4.79 Å². The SMILES string of the molecule is O=C(NCCc1ccccn1)c1occc1-c1ccccc1. The Morgan fingerprint density at radius 2 is 1.86 bits per heavy atom. The number of furan rings is 1. The zero-order valence-corrected chi connectivity index (χ0v) is 12.0. The van der Waals surface area contributed by atoms with Gasteiger partial charge in [-0.15, -0.1) is 0 Å². The molecule has 3 aromatic rings. The van der Waals surface area contributed by atoms with Gasteiger partial charge in [0.05, 0.1) is 6.26 Å². The number of hydrogen-bond donors (Lipinski definition) is 1. The molecule has 0 spiro atoms. The lowest BCUT2D eigenvalue weighted by molar-refractivity contribution is 0.0927. The molecule has 4 nitrogen and oxygen atoms in total. The van der Waals surface area contributed by atoms with Crippen LogP contribution in [0.4, 0.5) is 0 Å². The second-order valence-electron chi connectivity index (χ2n) is 4.86. The molecule has 2 heterocycles. The molecule has 0 bridgehead atoms. The Hall–Kier alpha value is -2.88. The first-order valence-corrected chi connectivity index (χ1v) is 7.15. The van der Waals surface area contributed by atoms with Gasteiger partial charge in [-0.1, -0.05) is 36.4 Å². The Kier molecular flexibility index (Phi) is 4.30. The largest absolute Gasteiger partial charge is 0.459 e. The summed E-state index contributed by atoms with van der Waals surface area (Å²) in [5, 5.41) is 2.87. The monoisotopic (exact) mass is 292 g/mol. The average Bonchev–Trinajstić information content (AvgIpc) is 3.06. The van der Waals surface area contributed by atoms with Gasteiger partial charge in [0.25, 0.3) is 5.91 Å². The minimum absolute atomic E-state index is 0.209. The van der Waals surface area contributed by atoms with Crippen LogP contribution in [0.15, 0.2) is 71.5 Å². The molecule has 110 valence electrons. The van der Waals surface area contributed by atoms with Crippen molar-refractivity contribution in [1.82, 2.24) is 10.3 Å². The third-order valence-corrected chi connectivity index (χ3v) is 3.35. The molecule has 2 aromatic heterocycles. The van der Waals surface area contributed by atoms with E-state index in [4.69, 9.17) is 4.42 Å². The van der Waals surface area contributed by atoms with Crippen LogP contribution in [0.3, 0.4) is 0 Å². The molecule has 0 fully saturated rings. The maximum absolute atomic E-state index is 12.3. The summed E-state index contributed by atoms with van der Waals surface area (Å²) in [4.78, 5) is 16.5. The van der Waals surface area contributed by atoms with Crippen LogP contribution in [-0.4, -0.2) is 17.4 Å². The van der Waals surface area contributed by atoms with E-state index in [1.807, 2.05) is 54.6 Å². The Labute approximate surface area is 128 Å². The Bertz CT molecular complexity index is 736. The van der Waals surface area contributed by atoms with Crippen molar-refractivity contribution >= 4 is 5.91 Å². The normalized spacial score (nSPS) is 10.4. The summed E-state index contributed by atoms with van der Waals surface area (Å²) >= 11 is 0. The molecule has 22 heavy (non-hydrogen) atoms. The van der Waals surface area contributed by atoms with E-state index in [-0.39, 0.29) is 5.91 Å². The van der Waals surface area contributed by atoms with Crippen LogP contribution in [0.2, 0.25) is 0 Å². The molecule has 0 aliphatic heterocycles. The van der Waals surface area contributed by atoms with Crippen molar-refractivity contribution in [3.63, 3.8) is 0 Å². The van der Waals surface area contributed by atoms with E-state index in [0.717, 1.165) is 16.8 Å². The van der Waals surface area contributed by atoms with Gasteiger partial charge >= 0.3 is 0 Å². The molecule has 1 N–H and O–H groups in total. The second kappa shape index (κ2) is 6.72. The average molecular weight is 292 g/mol. The molecular weight excluding hydrogens is 276 g/mol. The first-order chi connectivity index (χ1) is 10.8. The fraction of sp³-hybridized carbons (Fsp3) is 0.111. The number of aromatic nitrogens is 1. The molecule has 0 saturated heterocycles. The highest BCUT2D eigenvalue weighted by Gasteiger charge is 2.16. The molecule has 1 aromatic carbocycles. The highest BCUT2D eigenvalue weighted by atomic mass is 16.3. The lowest BCUT2D eigenvalue weighted by Crippen LogP contribution is -2.25. The number of pyridine rings is 1. The summed E-state index contributed by atoms with van der Waals surface area (Å²) in [5.41, 5.74) is 2.72. The summed E-state index contributed by atoms with van der Waals surface area (Å²) in [6, 6.07) is 17.3. The van der Waals surface area contributed by atoms with Gasteiger partial charge in [0.1, 0.15) is 0 Å². The first-order valence-electron chi connectivity index (χ1n) is 7.15. The number of hydrogen-bond acceptors (Lipinski definition) is 3. The maximum Gasteiger partial charge on any atom is 0.287 e. The van der Waals surface area contributed by atoms with Crippen LogP contribution in [-0.2, 0) is 6.42 Å². The topological polar surface area (TPSA) is 55.1 Å². The zero-order valence-electron chi connectivity index (χ0n) is 12.0. The van der Waals surface area contributed by atoms with Crippen LogP contribution in [0, 0.1) is 0 Å². The predicted octanol–water partition coefficient (Wildman–Crippen LogP) is 3.31. The van der Waals surface area contributed by atoms with Gasteiger partial charge in [0.2, 0.25) is 0 Å². The molecule has 0 aliphatic carbocycles. The smallest absolute Gasteiger partial charge is 0.287 e. The molecule has 0 aliphatic rings. The number of benzene rings is 1. The number of rotatable bonds is 5. The Morgan fingerprint density at radius 3 is 2.64 bits per heavy atom. The van der Waals surface area contributed by atoms with Gasteiger partial charge in [-0.3, -0.25) is 9.78 Å². The number of nitrogens with zero attached hydrogens (tertiary/aromatic N) is 1. The molecule has 3 rings (SSSR count). The fourth-order valence-electron chi connectivity index (χ4n) is 2.26. The maximum atomic E-state index is 12.3. The quantitative estimate of drug-likeness (QED) is 0.785. The van der Waals surface area contributed by atoms with E-state index < -0.39 is 0 Å². The van der Waals surface area contributed by atoms with Crippen molar-refractivity contribution in [2.24, 2.45) is 0 Å². The standard InChI is InChI=1S/C18H16N2O2/c21-18(20-12-9-15-8-4-5-11-19-15)17-16(10-13-22-17)14-6-2-1-3-7-14/h1-8,10-11,13H,9,12H2,(H,20,21). The first kappa shape index (κ1) is 14.1. The van der Waals surface area contributed by atoms with Crippen LogP contribution in [0.1, 0.15) is 16.2 Å². The van der Waals surface area contributed by atoms with Crippen molar-refractivity contribution in [2.75, 3.05) is 6.54 Å². The Morgan fingerprint density at radius 1 is 1.05 bits per heavy atom. The van der Waals surface area contributed by atoms with E-state index in [1.54, 1.807) is 6.20 Å². The van der Waals surface area contributed by atoms with E-state index in [2.05, 4.69) is 10.3 Å². The van der Waals surface area contributed by atoms with Crippen LogP contribution in [0.5, 0.6) is 0 Å². The van der Waals surface area contributed by atoms with Crippen molar-refractivity contribution in [3.8, 4) is 11.1 Å². The lowest BCUT2D eigenvalue weighted by Gasteiger charge is -2.05. The molecule has 4 heteroatoms. The van der Waals surface area contributed by atoms with Gasteiger partial charge in [-0.2, -0.15) is 0 Å². The summed E-state index contributed by atoms with van der Waals surface area (Å²) in [6.45, 7) is 0.519. The van der Waals surface area contributed by atoms with Gasteiger partial charge < -0.3 is 9.73 Å². The minimum atomic E-state index is -0.209. The predicted molar refractivity (Wildman–Crippen MR) is 84.4 cm³/mol. The van der Waals surface area contributed by atoms with E-state index in [1.165, 1.54) is 6.26 Å². The summed E-state index contributed by atoms with van der Waals surface area (Å²) < 4.78 is 5.36. The molecule has 1 amide bonds. The van der Waals surface area contributed by atoms with Gasteiger partial charge in [-0.25, -0.2) is 0 Å². The summed E-state index contributed by atoms with van der Waals surface area (Å²) in [7, 11) is 0. The molecule has 0 atom stereocenters. The van der Waals surface area contributed by atoms with Crippen molar-refractivity contribution in [1.29, 1.82) is 0 Å². The van der Waals surface area contributed by atoms with Gasteiger partial charge in [-0.05, 0) is 23.8 Å². The van der Waals surface area contributed by atoms with Crippen molar-refractivity contribution in [2.45, 2.75) is 6.42 Å². The molecule has 0 radical (unpaired) electrons. The third-order valence-electron chi connectivity index (χ3n) is 3.35. The number of carbonyl (C=O) groups is 1. The van der Waals surface area contributed by atoms with Crippen molar-refractivity contribution < 1.29 is 9.21 Å². The summed E-state index contributed by atoms with van der Waals surface area (Å²) in [5.74, 6) is 0.131. The molecule has 0 unspecified atom stereocenters. The van der Waals surface area contributed by atoms with Crippen LogP contribution in [0.25, 0.3) is 11.1 Å². The Balaban J connectivity index is 1.65. The van der Waals surface area contributed by atoms with Gasteiger partial charge in [0.15, 0.2) is 5.76 Å². The van der Waals surface area contributed by atoms with Gasteiger partial charge in [0, 0.05) is 30.4 Å². The van der Waals surface area contributed by atoms with E-state index in [0.29, 0.717) is 18.7 Å². The lowest BCUT2D eigenvalue weighted by atomic mass is 10.1. The van der Waals surface area contributed by atoms with Crippen molar-refractivity contribution in [3.05, 3.63) is 78.5 Å².